The Hall–Kier alpha value is -0.910. The Balaban J connectivity index is 3.12. The van der Waals surface area contributed by atoms with Crippen LogP contribution >= 0.6 is 0 Å². The highest BCUT2D eigenvalue weighted by molar-refractivity contribution is 7.84. The second-order valence-corrected chi connectivity index (χ2v) is 3.69. The molecule has 0 saturated heterocycles. The molecule has 0 aliphatic carbocycles. The number of hydrogen-bond donors (Lipinski definition) is 1. The average molecular weight is 189 g/mol. The van der Waals surface area contributed by atoms with E-state index >= 15 is 0 Å². The minimum atomic E-state index is -1.20. The van der Waals surface area contributed by atoms with E-state index in [1.54, 1.807) is 0 Å². The smallest absolute Gasteiger partial charge is 0.268 e. The molecule has 1 aromatic rings. The van der Waals surface area contributed by atoms with Crippen LogP contribution in [0.2, 0.25) is 0 Å². The molecule has 1 heterocycles. The van der Waals surface area contributed by atoms with E-state index in [4.69, 9.17) is 0 Å². The zero-order valence-electron chi connectivity index (χ0n) is 7.03. The standard InChI is InChI=1S/C6H11N3O2S/c1-3-4-9-5(10)7-8-6(9)12(2)11/h3-4H2,1-2H3,(H,7,10). The van der Waals surface area contributed by atoms with Gasteiger partial charge in [-0.15, -0.1) is 5.10 Å². The number of aromatic amines is 1. The zero-order valence-corrected chi connectivity index (χ0v) is 7.85. The first-order valence-corrected chi connectivity index (χ1v) is 5.21. The number of nitrogens with zero attached hydrogens (tertiary/aromatic N) is 2. The number of H-pyrrole nitrogens is 1. The van der Waals surface area contributed by atoms with Crippen LogP contribution in [0.5, 0.6) is 0 Å². The molecule has 12 heavy (non-hydrogen) atoms. The molecule has 0 bridgehead atoms. The fourth-order valence-electron chi connectivity index (χ4n) is 0.943. The van der Waals surface area contributed by atoms with Gasteiger partial charge in [0.25, 0.3) is 0 Å². The summed E-state index contributed by atoms with van der Waals surface area (Å²) in [5, 5.41) is 6.25. The van der Waals surface area contributed by atoms with Crippen LogP contribution in [0, 0.1) is 0 Å². The summed E-state index contributed by atoms with van der Waals surface area (Å²) >= 11 is 0. The summed E-state index contributed by atoms with van der Waals surface area (Å²) in [4.78, 5) is 11.0. The van der Waals surface area contributed by atoms with Crippen molar-refractivity contribution in [2.75, 3.05) is 6.26 Å². The van der Waals surface area contributed by atoms with Crippen LogP contribution in [0.15, 0.2) is 9.95 Å². The van der Waals surface area contributed by atoms with E-state index in [-0.39, 0.29) is 5.69 Å². The molecular formula is C6H11N3O2S. The summed E-state index contributed by atoms with van der Waals surface area (Å²) in [5.41, 5.74) is -0.290. The van der Waals surface area contributed by atoms with Crippen LogP contribution in [0.3, 0.4) is 0 Å². The van der Waals surface area contributed by atoms with Gasteiger partial charge in [-0.1, -0.05) is 6.92 Å². The fraction of sp³-hybridized carbons (Fsp3) is 0.667. The topological polar surface area (TPSA) is 67.8 Å². The van der Waals surface area contributed by atoms with Gasteiger partial charge in [-0.3, -0.25) is 8.78 Å². The fourth-order valence-corrected chi connectivity index (χ4v) is 1.60. The zero-order chi connectivity index (χ0) is 9.14. The number of hydrogen-bond acceptors (Lipinski definition) is 3. The SMILES string of the molecule is CCCn1c(S(C)=O)n[nH]c1=O. The monoisotopic (exact) mass is 189 g/mol. The highest BCUT2D eigenvalue weighted by atomic mass is 32.2. The van der Waals surface area contributed by atoms with E-state index in [2.05, 4.69) is 10.2 Å². The predicted molar refractivity (Wildman–Crippen MR) is 45.5 cm³/mol. The number of aromatic nitrogens is 3. The molecule has 0 aromatic carbocycles. The van der Waals surface area contributed by atoms with E-state index in [9.17, 15) is 9.00 Å². The highest BCUT2D eigenvalue weighted by Gasteiger charge is 2.09. The van der Waals surface area contributed by atoms with E-state index in [0.717, 1.165) is 6.42 Å². The van der Waals surface area contributed by atoms with Crippen LogP contribution in [-0.4, -0.2) is 25.2 Å². The summed E-state index contributed by atoms with van der Waals surface area (Å²) in [6.07, 6.45) is 2.32. The summed E-state index contributed by atoms with van der Waals surface area (Å²) < 4.78 is 12.4. The summed E-state index contributed by atoms with van der Waals surface area (Å²) in [7, 11) is -1.20. The van der Waals surface area contributed by atoms with Gasteiger partial charge in [0, 0.05) is 12.8 Å². The lowest BCUT2D eigenvalue weighted by Gasteiger charge is -1.98. The van der Waals surface area contributed by atoms with Gasteiger partial charge in [-0.25, -0.2) is 9.89 Å². The van der Waals surface area contributed by atoms with Crippen LogP contribution in [-0.2, 0) is 17.3 Å². The maximum Gasteiger partial charge on any atom is 0.344 e. The van der Waals surface area contributed by atoms with Gasteiger partial charge in [0.2, 0.25) is 5.16 Å². The molecule has 0 spiro atoms. The summed E-state index contributed by atoms with van der Waals surface area (Å²) in [6, 6.07) is 0. The highest BCUT2D eigenvalue weighted by Crippen LogP contribution is 1.96. The van der Waals surface area contributed by atoms with E-state index < -0.39 is 10.8 Å². The van der Waals surface area contributed by atoms with Crippen LogP contribution in [0.4, 0.5) is 0 Å². The van der Waals surface area contributed by atoms with Crippen LogP contribution < -0.4 is 5.69 Å². The molecule has 1 rings (SSSR count). The lowest BCUT2D eigenvalue weighted by Crippen LogP contribution is -2.18. The third-order valence-electron chi connectivity index (χ3n) is 1.43. The molecule has 68 valence electrons. The lowest BCUT2D eigenvalue weighted by atomic mass is 10.5. The minimum absolute atomic E-state index is 0.290. The molecule has 0 amide bonds. The van der Waals surface area contributed by atoms with Crippen molar-refractivity contribution in [3.63, 3.8) is 0 Å². The van der Waals surface area contributed by atoms with Crippen molar-refractivity contribution in [3.8, 4) is 0 Å². The Morgan fingerprint density at radius 1 is 1.67 bits per heavy atom. The largest absolute Gasteiger partial charge is 0.344 e. The van der Waals surface area contributed by atoms with Gasteiger partial charge in [0.1, 0.15) is 0 Å². The Kier molecular flexibility index (Phi) is 2.80. The Morgan fingerprint density at radius 3 is 2.83 bits per heavy atom. The molecule has 5 nitrogen and oxygen atoms in total. The molecule has 1 aromatic heterocycles. The van der Waals surface area contributed by atoms with Crippen molar-refractivity contribution in [2.45, 2.75) is 25.0 Å². The van der Waals surface area contributed by atoms with Crippen molar-refractivity contribution < 1.29 is 4.21 Å². The molecule has 1 N–H and O–H groups in total. The first kappa shape index (κ1) is 9.18. The number of nitrogens with one attached hydrogen (secondary N) is 1. The molecule has 0 aliphatic rings. The van der Waals surface area contributed by atoms with Gasteiger partial charge in [-0.2, -0.15) is 0 Å². The van der Waals surface area contributed by atoms with Crippen molar-refractivity contribution in [3.05, 3.63) is 10.5 Å². The number of rotatable bonds is 3. The predicted octanol–water partition coefficient (Wildman–Crippen LogP) is -0.281. The van der Waals surface area contributed by atoms with Gasteiger partial charge in [-0.05, 0) is 6.42 Å². The maximum atomic E-state index is 11.0. The molecule has 0 radical (unpaired) electrons. The van der Waals surface area contributed by atoms with E-state index in [1.165, 1.54) is 10.8 Å². The first-order chi connectivity index (χ1) is 5.66. The molecule has 6 heteroatoms. The molecule has 0 aliphatic heterocycles. The van der Waals surface area contributed by atoms with Gasteiger partial charge >= 0.3 is 5.69 Å². The third-order valence-corrected chi connectivity index (χ3v) is 2.25. The normalized spacial score (nSPS) is 13.2. The van der Waals surface area contributed by atoms with Crippen molar-refractivity contribution >= 4 is 10.8 Å². The van der Waals surface area contributed by atoms with E-state index in [1.807, 2.05) is 6.92 Å². The minimum Gasteiger partial charge on any atom is -0.268 e. The van der Waals surface area contributed by atoms with Crippen LogP contribution in [0.1, 0.15) is 13.3 Å². The average Bonchev–Trinajstić information content (AvgIpc) is 2.34. The quantitative estimate of drug-likeness (QED) is 0.711. The van der Waals surface area contributed by atoms with Gasteiger partial charge < -0.3 is 0 Å². The van der Waals surface area contributed by atoms with Crippen molar-refractivity contribution in [2.24, 2.45) is 0 Å². The molecule has 1 atom stereocenters. The Morgan fingerprint density at radius 2 is 2.33 bits per heavy atom. The Bertz CT molecular complexity index is 341. The summed E-state index contributed by atoms with van der Waals surface area (Å²) in [6.45, 7) is 2.51. The molecule has 1 unspecified atom stereocenters. The van der Waals surface area contributed by atoms with Gasteiger partial charge in [0.15, 0.2) is 0 Å². The van der Waals surface area contributed by atoms with Gasteiger partial charge in [0.05, 0.1) is 10.8 Å². The maximum absolute atomic E-state index is 11.0. The third kappa shape index (κ3) is 1.63. The first-order valence-electron chi connectivity index (χ1n) is 3.65. The Labute approximate surface area is 72.3 Å². The van der Waals surface area contributed by atoms with E-state index in [0.29, 0.717) is 11.7 Å². The lowest BCUT2D eigenvalue weighted by molar-refractivity contribution is 0.591. The molecule has 0 saturated carbocycles. The second kappa shape index (κ2) is 3.66. The van der Waals surface area contributed by atoms with Crippen molar-refractivity contribution in [1.82, 2.24) is 14.8 Å². The molecule has 0 fully saturated rings. The van der Waals surface area contributed by atoms with Crippen LogP contribution in [0.25, 0.3) is 0 Å². The molecular weight excluding hydrogens is 178 g/mol. The van der Waals surface area contributed by atoms with Crippen molar-refractivity contribution in [1.29, 1.82) is 0 Å². The second-order valence-electron chi connectivity index (χ2n) is 2.42. The summed E-state index contributed by atoms with van der Waals surface area (Å²) in [5.74, 6) is 0.